The number of piperidine rings is 1. The lowest BCUT2D eigenvalue weighted by Gasteiger charge is -2.35. The summed E-state index contributed by atoms with van der Waals surface area (Å²) in [6.45, 7) is 2.57. The lowest BCUT2D eigenvalue weighted by Crippen LogP contribution is -2.58. The lowest BCUT2D eigenvalue weighted by atomic mass is 9.86. The summed E-state index contributed by atoms with van der Waals surface area (Å²) in [6, 6.07) is 3.62. The number of nitrogens with zero attached hydrogens (tertiary/aromatic N) is 1. The Morgan fingerprint density at radius 3 is 2.47 bits per heavy atom. The van der Waals surface area contributed by atoms with E-state index in [1.807, 2.05) is 6.92 Å². The number of alkyl halides is 2. The topological polar surface area (TPSA) is 103 Å². The summed E-state index contributed by atoms with van der Waals surface area (Å²) >= 11 is 0. The van der Waals surface area contributed by atoms with E-state index >= 15 is 0 Å². The van der Waals surface area contributed by atoms with Crippen LogP contribution in [0.5, 0.6) is 0 Å². The second-order valence-electron chi connectivity index (χ2n) is 11.4. The van der Waals surface area contributed by atoms with E-state index in [0.29, 0.717) is 30.8 Å². The molecule has 2 aliphatic heterocycles. The van der Waals surface area contributed by atoms with Crippen LogP contribution in [0, 0.1) is 11.7 Å². The van der Waals surface area contributed by atoms with Crippen molar-refractivity contribution in [1.82, 2.24) is 15.5 Å². The maximum atomic E-state index is 14.3. The number of nitrogens with one attached hydrogen (secondary N) is 4. The fourth-order valence-electron chi connectivity index (χ4n) is 5.92. The van der Waals surface area contributed by atoms with Gasteiger partial charge in [-0.1, -0.05) is 6.07 Å². The van der Waals surface area contributed by atoms with Crippen molar-refractivity contribution >= 4 is 29.1 Å². The molecule has 8 nitrogen and oxygen atoms in total. The molecule has 0 bridgehead atoms. The normalized spacial score (nSPS) is 26.4. The molecule has 2 aliphatic carbocycles. The molecule has 5 rings (SSSR count). The summed E-state index contributed by atoms with van der Waals surface area (Å²) in [7, 11) is 0. The van der Waals surface area contributed by atoms with Gasteiger partial charge < -0.3 is 26.2 Å². The third-order valence-electron chi connectivity index (χ3n) is 8.54. The standard InChI is InChI=1S/C27H36F3N5O3/c1-16-5-2-3-14-35(16)21(36)15-20(31-23(37)17-8-10-27(29,30)11-9-17)24(38)34-26(12-13-26)25-32-19-7-4-6-18(28)22(19)33-25/h4,6-7,16-17,20,25,32-33H,2-3,5,8-15H2,1H3,(H,31,37)(H,34,38)/t16-,20-,25?/m1/s1. The highest BCUT2D eigenvalue weighted by Crippen LogP contribution is 2.45. The Hall–Kier alpha value is -2.98. The Balaban J connectivity index is 1.28. The summed E-state index contributed by atoms with van der Waals surface area (Å²) in [6.07, 6.45) is 2.74. The van der Waals surface area contributed by atoms with Gasteiger partial charge in [0.05, 0.1) is 23.3 Å². The minimum absolute atomic E-state index is 0.0357. The number of hydrogen-bond donors (Lipinski definition) is 4. The Labute approximate surface area is 220 Å². The molecule has 1 aromatic carbocycles. The predicted octanol–water partition coefficient (Wildman–Crippen LogP) is 3.74. The zero-order valence-electron chi connectivity index (χ0n) is 21.6. The SMILES string of the molecule is C[C@@H]1CCCCN1C(=O)C[C@@H](NC(=O)C1CCC(F)(F)CC1)C(=O)NC1(C2Nc3cccc(F)c3N2)CC1. The van der Waals surface area contributed by atoms with Crippen LogP contribution in [0.15, 0.2) is 18.2 Å². The van der Waals surface area contributed by atoms with E-state index in [4.69, 9.17) is 0 Å². The third kappa shape index (κ3) is 5.56. The number of carbonyl (C=O) groups is 3. The van der Waals surface area contributed by atoms with Gasteiger partial charge in [0.2, 0.25) is 23.6 Å². The molecule has 208 valence electrons. The quantitative estimate of drug-likeness (QED) is 0.426. The van der Waals surface area contributed by atoms with Gasteiger partial charge in [0, 0.05) is 31.3 Å². The van der Waals surface area contributed by atoms with Crippen LogP contribution in [-0.4, -0.2) is 58.9 Å². The van der Waals surface area contributed by atoms with Crippen molar-refractivity contribution in [1.29, 1.82) is 0 Å². The number of halogens is 3. The van der Waals surface area contributed by atoms with Gasteiger partial charge in [-0.2, -0.15) is 0 Å². The molecule has 3 amide bonds. The molecule has 3 fully saturated rings. The first kappa shape index (κ1) is 26.6. The van der Waals surface area contributed by atoms with Crippen molar-refractivity contribution in [3.05, 3.63) is 24.0 Å². The van der Waals surface area contributed by atoms with Gasteiger partial charge in [-0.05, 0) is 64.0 Å². The molecule has 38 heavy (non-hydrogen) atoms. The highest BCUT2D eigenvalue weighted by molar-refractivity contribution is 5.93. The van der Waals surface area contributed by atoms with E-state index in [1.54, 1.807) is 17.0 Å². The van der Waals surface area contributed by atoms with E-state index in [2.05, 4.69) is 21.3 Å². The Bertz CT molecular complexity index is 1090. The van der Waals surface area contributed by atoms with E-state index in [0.717, 1.165) is 19.3 Å². The first-order chi connectivity index (χ1) is 18.1. The van der Waals surface area contributed by atoms with E-state index in [1.165, 1.54) is 6.07 Å². The Kier molecular flexibility index (Phi) is 7.21. The largest absolute Gasteiger partial charge is 0.362 e. The smallest absolute Gasteiger partial charge is 0.248 e. The van der Waals surface area contributed by atoms with Gasteiger partial charge in [0.25, 0.3) is 0 Å². The minimum atomic E-state index is -2.77. The van der Waals surface area contributed by atoms with Gasteiger partial charge >= 0.3 is 0 Å². The monoisotopic (exact) mass is 535 g/mol. The summed E-state index contributed by atoms with van der Waals surface area (Å²) in [5.74, 6) is -5.00. The molecule has 0 spiro atoms. The van der Waals surface area contributed by atoms with Crippen LogP contribution >= 0.6 is 0 Å². The number of anilines is 2. The summed E-state index contributed by atoms with van der Waals surface area (Å²) in [5.41, 5.74) is 0.231. The van der Waals surface area contributed by atoms with Crippen molar-refractivity contribution in [2.24, 2.45) is 5.92 Å². The first-order valence-electron chi connectivity index (χ1n) is 13.7. The second-order valence-corrected chi connectivity index (χ2v) is 11.4. The molecule has 1 saturated heterocycles. The molecular formula is C27H36F3N5O3. The number of benzene rings is 1. The molecule has 1 aromatic rings. The van der Waals surface area contributed by atoms with E-state index < -0.39 is 47.2 Å². The maximum Gasteiger partial charge on any atom is 0.248 e. The van der Waals surface area contributed by atoms with Gasteiger partial charge in [0.1, 0.15) is 18.0 Å². The van der Waals surface area contributed by atoms with Gasteiger partial charge in [-0.15, -0.1) is 0 Å². The molecule has 4 N–H and O–H groups in total. The molecule has 4 aliphatic rings. The van der Waals surface area contributed by atoms with Gasteiger partial charge in [-0.3, -0.25) is 14.4 Å². The Morgan fingerprint density at radius 1 is 1.08 bits per heavy atom. The number of rotatable bonds is 7. The van der Waals surface area contributed by atoms with E-state index in [9.17, 15) is 27.6 Å². The second kappa shape index (κ2) is 10.3. The highest BCUT2D eigenvalue weighted by Gasteiger charge is 2.54. The minimum Gasteiger partial charge on any atom is -0.362 e. The van der Waals surface area contributed by atoms with Crippen LogP contribution in [-0.2, 0) is 14.4 Å². The number of fused-ring (bicyclic) bond motifs is 1. The van der Waals surface area contributed by atoms with Crippen LogP contribution < -0.4 is 21.3 Å². The number of likely N-dealkylation sites (tertiary alicyclic amines) is 1. The van der Waals surface area contributed by atoms with Gasteiger partial charge in [-0.25, -0.2) is 13.2 Å². The number of carbonyl (C=O) groups excluding carboxylic acids is 3. The summed E-state index contributed by atoms with van der Waals surface area (Å²) in [5, 5.41) is 12.1. The van der Waals surface area contributed by atoms with Crippen LogP contribution in [0.2, 0.25) is 0 Å². The molecular weight excluding hydrogens is 499 g/mol. The third-order valence-corrected chi connectivity index (χ3v) is 8.54. The number of amides is 3. The molecule has 11 heteroatoms. The zero-order valence-corrected chi connectivity index (χ0v) is 21.6. The van der Waals surface area contributed by atoms with Crippen molar-refractivity contribution < 1.29 is 27.6 Å². The van der Waals surface area contributed by atoms with E-state index in [-0.39, 0.29) is 44.1 Å². The summed E-state index contributed by atoms with van der Waals surface area (Å²) in [4.78, 5) is 41.6. The Morgan fingerprint density at radius 2 is 1.82 bits per heavy atom. The molecule has 2 saturated carbocycles. The fraction of sp³-hybridized carbons (Fsp3) is 0.667. The zero-order chi connectivity index (χ0) is 27.1. The molecule has 2 heterocycles. The van der Waals surface area contributed by atoms with Crippen LogP contribution in [0.3, 0.4) is 0 Å². The number of para-hydroxylation sites is 1. The summed E-state index contributed by atoms with van der Waals surface area (Å²) < 4.78 is 41.5. The molecule has 3 atom stereocenters. The lowest BCUT2D eigenvalue weighted by molar-refractivity contribution is -0.140. The molecule has 0 radical (unpaired) electrons. The predicted molar refractivity (Wildman–Crippen MR) is 136 cm³/mol. The van der Waals surface area contributed by atoms with Crippen molar-refractivity contribution in [3.8, 4) is 0 Å². The van der Waals surface area contributed by atoms with Crippen molar-refractivity contribution in [3.63, 3.8) is 0 Å². The van der Waals surface area contributed by atoms with Crippen molar-refractivity contribution in [2.75, 3.05) is 17.2 Å². The van der Waals surface area contributed by atoms with Crippen molar-refractivity contribution in [2.45, 2.75) is 101 Å². The molecule has 1 unspecified atom stereocenters. The van der Waals surface area contributed by atoms with Crippen LogP contribution in [0.1, 0.15) is 71.1 Å². The first-order valence-corrected chi connectivity index (χ1v) is 13.7. The highest BCUT2D eigenvalue weighted by atomic mass is 19.3. The van der Waals surface area contributed by atoms with Crippen LogP contribution in [0.25, 0.3) is 0 Å². The van der Waals surface area contributed by atoms with Gasteiger partial charge in [0.15, 0.2) is 0 Å². The number of hydrogen-bond acceptors (Lipinski definition) is 5. The molecule has 0 aromatic heterocycles. The average molecular weight is 536 g/mol. The average Bonchev–Trinajstić information content (AvgIpc) is 3.51. The fourth-order valence-corrected chi connectivity index (χ4v) is 5.92. The maximum absolute atomic E-state index is 14.3. The van der Waals surface area contributed by atoms with Crippen LogP contribution in [0.4, 0.5) is 24.5 Å².